The number of piperidine rings is 1. The van der Waals surface area contributed by atoms with Crippen molar-refractivity contribution in [3.63, 3.8) is 0 Å². The normalized spacial score (nSPS) is 33.0. The number of carbonyl (C=O) groups is 1. The highest BCUT2D eigenvalue weighted by Gasteiger charge is 2.40. The van der Waals surface area contributed by atoms with Crippen molar-refractivity contribution in [3.05, 3.63) is 36.0 Å². The molecule has 0 spiro atoms. The SMILES string of the molecule is [2H]c1ccc2c(C(=O)OC3C[C@H]4CC[C@@H](C3)N4C([2H])([2H])[2H])c[nH]c2c1[2H]. The quantitative estimate of drug-likeness (QED) is 0.865. The maximum absolute atomic E-state index is 12.6. The Balaban J connectivity index is 1.51. The van der Waals surface area contributed by atoms with Crippen LogP contribution in [0.3, 0.4) is 0 Å². The maximum atomic E-state index is 12.6. The molecule has 4 nitrogen and oxygen atoms in total. The molecule has 1 N–H and O–H groups in total. The predicted molar refractivity (Wildman–Crippen MR) is 81.3 cm³/mol. The Bertz CT molecular complexity index is 849. The summed E-state index contributed by atoms with van der Waals surface area (Å²) in [4.78, 5) is 17.1. The summed E-state index contributed by atoms with van der Waals surface area (Å²) in [5.74, 6) is -0.472. The fraction of sp³-hybridized carbons (Fsp3) is 0.471. The summed E-state index contributed by atoms with van der Waals surface area (Å²) in [6.07, 6.45) is 3.91. The minimum absolute atomic E-state index is 0.0468. The molecule has 0 saturated carbocycles. The number of H-pyrrole nitrogens is 1. The summed E-state index contributed by atoms with van der Waals surface area (Å²) in [6.45, 7) is -2.10. The van der Waals surface area contributed by atoms with Crippen molar-refractivity contribution in [1.29, 1.82) is 0 Å². The van der Waals surface area contributed by atoms with Gasteiger partial charge in [-0.05, 0) is 25.9 Å². The third-order valence-electron chi connectivity index (χ3n) is 4.63. The van der Waals surface area contributed by atoms with Crippen molar-refractivity contribution < 1.29 is 16.4 Å². The lowest BCUT2D eigenvalue weighted by Gasteiger charge is -2.35. The number of nitrogens with one attached hydrogen (secondary N) is 1. The summed E-state index contributed by atoms with van der Waals surface area (Å²) < 4.78 is 44.3. The second-order valence-electron chi connectivity index (χ2n) is 5.88. The first-order chi connectivity index (χ1) is 12.3. The number of esters is 1. The molecule has 3 heterocycles. The number of aromatic amines is 1. The Hall–Kier alpha value is -1.81. The first-order valence-corrected chi connectivity index (χ1v) is 7.32. The molecule has 0 aliphatic carbocycles. The molecule has 4 rings (SSSR count). The summed E-state index contributed by atoms with van der Waals surface area (Å²) in [5.41, 5.74) is 0.792. The molecular weight excluding hydrogens is 264 g/mol. The van der Waals surface area contributed by atoms with Crippen LogP contribution in [0.1, 0.15) is 42.9 Å². The zero-order valence-corrected chi connectivity index (χ0v) is 11.6. The van der Waals surface area contributed by atoms with E-state index < -0.39 is 12.9 Å². The number of nitrogens with zero attached hydrogens (tertiary/aromatic N) is 1. The van der Waals surface area contributed by atoms with Crippen LogP contribution in [0, 0.1) is 0 Å². The second-order valence-corrected chi connectivity index (χ2v) is 5.88. The van der Waals surface area contributed by atoms with E-state index in [2.05, 4.69) is 4.98 Å². The summed E-state index contributed by atoms with van der Waals surface area (Å²) in [5, 5.41) is 0.568. The Labute approximate surface area is 131 Å². The number of hydrogen-bond donors (Lipinski definition) is 1. The predicted octanol–water partition coefficient (Wildman–Crippen LogP) is 2.95. The van der Waals surface area contributed by atoms with Gasteiger partial charge in [-0.3, -0.25) is 0 Å². The van der Waals surface area contributed by atoms with Gasteiger partial charge < -0.3 is 14.6 Å². The molecule has 110 valence electrons. The number of aromatic nitrogens is 1. The van der Waals surface area contributed by atoms with E-state index in [4.69, 9.17) is 11.6 Å². The van der Waals surface area contributed by atoms with Gasteiger partial charge in [0.05, 0.1) is 8.30 Å². The van der Waals surface area contributed by atoms with Crippen LogP contribution in [0.5, 0.6) is 0 Å². The van der Waals surface area contributed by atoms with Crippen molar-refractivity contribution in [2.24, 2.45) is 0 Å². The highest BCUT2D eigenvalue weighted by Crippen LogP contribution is 2.35. The monoisotopic (exact) mass is 289 g/mol. The molecule has 4 heteroatoms. The fourth-order valence-corrected chi connectivity index (χ4v) is 3.56. The molecule has 3 atom stereocenters. The van der Waals surface area contributed by atoms with E-state index in [-0.39, 0.29) is 30.3 Å². The number of para-hydroxylation sites is 1. The highest BCUT2D eigenvalue weighted by molar-refractivity contribution is 6.04. The van der Waals surface area contributed by atoms with Crippen molar-refractivity contribution >= 4 is 16.9 Å². The first-order valence-electron chi connectivity index (χ1n) is 9.82. The molecule has 1 aromatic heterocycles. The van der Waals surface area contributed by atoms with Gasteiger partial charge in [0.1, 0.15) is 6.10 Å². The van der Waals surface area contributed by atoms with Crippen LogP contribution < -0.4 is 0 Å². The van der Waals surface area contributed by atoms with Gasteiger partial charge in [-0.15, -0.1) is 0 Å². The lowest BCUT2D eigenvalue weighted by Crippen LogP contribution is -2.43. The second kappa shape index (κ2) is 4.88. The average Bonchev–Trinajstić information content (AvgIpc) is 3.11. The average molecular weight is 289 g/mol. The molecular formula is C17H20N2O2. The molecule has 0 radical (unpaired) electrons. The molecule has 0 amide bonds. The van der Waals surface area contributed by atoms with Gasteiger partial charge >= 0.3 is 5.97 Å². The fourth-order valence-electron chi connectivity index (χ4n) is 3.56. The first kappa shape index (κ1) is 8.59. The molecule has 1 aromatic carbocycles. The van der Waals surface area contributed by atoms with Crippen LogP contribution >= 0.6 is 0 Å². The van der Waals surface area contributed by atoms with E-state index in [1.807, 2.05) is 0 Å². The molecule has 2 saturated heterocycles. The molecule has 2 aromatic rings. The van der Waals surface area contributed by atoms with Crippen molar-refractivity contribution in [3.8, 4) is 0 Å². The summed E-state index contributed by atoms with van der Waals surface area (Å²) in [6, 6.07) is 3.12. The number of hydrogen-bond acceptors (Lipinski definition) is 3. The van der Waals surface area contributed by atoms with Crippen LogP contribution in [0.4, 0.5) is 0 Å². The standard InChI is InChI=1S/C17H20N2O2/c1-19-11-6-7-12(19)9-13(8-11)21-17(20)15-10-18-16-5-3-2-4-14(15)16/h2-5,10-13,18H,6-9H2,1H3/t11-,12+,13?/i1D3,3D,5D. The van der Waals surface area contributed by atoms with Crippen molar-refractivity contribution in [2.45, 2.75) is 43.9 Å². The molecule has 1 unspecified atom stereocenters. The Morgan fingerprint density at radius 3 is 3.05 bits per heavy atom. The number of fused-ring (bicyclic) bond motifs is 3. The van der Waals surface area contributed by atoms with E-state index in [1.165, 1.54) is 12.3 Å². The third kappa shape index (κ3) is 2.14. The van der Waals surface area contributed by atoms with E-state index in [9.17, 15) is 4.79 Å². The van der Waals surface area contributed by atoms with Gasteiger partial charge in [-0.25, -0.2) is 4.79 Å². The van der Waals surface area contributed by atoms with E-state index in [0.29, 0.717) is 29.3 Å². The van der Waals surface area contributed by atoms with E-state index in [1.54, 1.807) is 11.0 Å². The molecule has 21 heavy (non-hydrogen) atoms. The molecule has 2 bridgehead atoms. The molecule has 2 aliphatic rings. The zero-order valence-electron chi connectivity index (χ0n) is 16.6. The van der Waals surface area contributed by atoms with Gasteiger partial charge in [0.2, 0.25) is 0 Å². The number of benzene rings is 1. The number of ether oxygens (including phenoxy) is 1. The van der Waals surface area contributed by atoms with Crippen LogP contribution in [0.2, 0.25) is 0 Å². The lowest BCUT2D eigenvalue weighted by atomic mass is 10.0. The summed E-state index contributed by atoms with van der Waals surface area (Å²) in [7, 11) is 0. The van der Waals surface area contributed by atoms with Crippen LogP contribution in [-0.2, 0) is 4.74 Å². The Morgan fingerprint density at radius 2 is 2.29 bits per heavy atom. The minimum atomic E-state index is -2.10. The zero-order chi connectivity index (χ0) is 18.6. The van der Waals surface area contributed by atoms with Crippen molar-refractivity contribution in [2.75, 3.05) is 6.98 Å². The van der Waals surface area contributed by atoms with Gasteiger partial charge in [0.15, 0.2) is 0 Å². The Morgan fingerprint density at radius 1 is 1.48 bits per heavy atom. The van der Waals surface area contributed by atoms with Crippen LogP contribution in [-0.4, -0.2) is 41.0 Å². The largest absolute Gasteiger partial charge is 0.459 e. The maximum Gasteiger partial charge on any atom is 0.340 e. The molecule has 2 aliphatic heterocycles. The van der Waals surface area contributed by atoms with E-state index >= 15 is 0 Å². The van der Waals surface area contributed by atoms with Gasteiger partial charge in [0.25, 0.3) is 0 Å². The minimum Gasteiger partial charge on any atom is -0.459 e. The smallest absolute Gasteiger partial charge is 0.340 e. The van der Waals surface area contributed by atoms with Crippen LogP contribution in [0.25, 0.3) is 10.9 Å². The van der Waals surface area contributed by atoms with Gasteiger partial charge in [0, 0.05) is 46.1 Å². The highest BCUT2D eigenvalue weighted by atomic mass is 16.5. The lowest BCUT2D eigenvalue weighted by molar-refractivity contribution is -0.000258. The van der Waals surface area contributed by atoms with E-state index in [0.717, 1.165) is 12.8 Å². The van der Waals surface area contributed by atoms with Crippen LogP contribution in [0.15, 0.2) is 30.4 Å². The van der Waals surface area contributed by atoms with Crippen molar-refractivity contribution in [1.82, 2.24) is 9.88 Å². The third-order valence-corrected chi connectivity index (χ3v) is 4.63. The molecule has 2 fully saturated rings. The van der Waals surface area contributed by atoms with Gasteiger partial charge in [-0.1, -0.05) is 18.2 Å². The number of rotatable bonds is 2. The number of carbonyl (C=O) groups excluding carboxylic acids is 1. The topological polar surface area (TPSA) is 45.3 Å². The summed E-state index contributed by atoms with van der Waals surface area (Å²) >= 11 is 0. The Kier molecular flexibility index (Phi) is 2.00. The van der Waals surface area contributed by atoms with Gasteiger partial charge in [-0.2, -0.15) is 0 Å².